The van der Waals surface area contributed by atoms with Crippen molar-refractivity contribution in [3.63, 3.8) is 0 Å². The van der Waals surface area contributed by atoms with Gasteiger partial charge >= 0.3 is 0 Å². The van der Waals surface area contributed by atoms with Gasteiger partial charge in [-0.05, 0) is 56.5 Å². The molecule has 1 N–H and O–H groups in total. The third-order valence-corrected chi connectivity index (χ3v) is 6.53. The van der Waals surface area contributed by atoms with Crippen molar-refractivity contribution in [2.75, 3.05) is 19.6 Å². The molecule has 1 amide bonds. The van der Waals surface area contributed by atoms with E-state index in [0.29, 0.717) is 10.0 Å². The van der Waals surface area contributed by atoms with Gasteiger partial charge in [0.2, 0.25) is 5.91 Å². The minimum atomic E-state index is 0.0111. The van der Waals surface area contributed by atoms with Gasteiger partial charge in [0.25, 0.3) is 0 Å². The summed E-state index contributed by atoms with van der Waals surface area (Å²) in [5.41, 5.74) is 0.873. The van der Waals surface area contributed by atoms with Crippen molar-refractivity contribution in [1.82, 2.24) is 10.2 Å². The monoisotopic (exact) mass is 382 g/mol. The van der Waals surface area contributed by atoms with E-state index in [9.17, 15) is 4.79 Å². The van der Waals surface area contributed by atoms with Crippen LogP contribution >= 0.6 is 23.2 Å². The van der Waals surface area contributed by atoms with Gasteiger partial charge < -0.3 is 5.32 Å². The Balaban J connectivity index is 1.63. The average Bonchev–Trinajstić information content (AvgIpc) is 2.65. The fraction of sp³-hybridized carbons (Fsp3) is 0.650. The summed E-state index contributed by atoms with van der Waals surface area (Å²) in [5.74, 6) is 0.0111. The van der Waals surface area contributed by atoms with Crippen LogP contribution in [0.5, 0.6) is 0 Å². The molecule has 1 heterocycles. The van der Waals surface area contributed by atoms with E-state index in [0.717, 1.165) is 12.1 Å². The minimum absolute atomic E-state index is 0.0111. The molecule has 3 rings (SSSR count). The van der Waals surface area contributed by atoms with Gasteiger partial charge in [-0.25, -0.2) is 0 Å². The number of amides is 1. The number of rotatable bonds is 5. The Bertz CT molecular complexity index is 573. The molecule has 1 aromatic carbocycles. The molecule has 0 radical (unpaired) electrons. The number of nitrogens with one attached hydrogen (secondary N) is 1. The normalized spacial score (nSPS) is 21.0. The molecule has 1 aliphatic carbocycles. The molecule has 1 saturated heterocycles. The van der Waals surface area contributed by atoms with Crippen LogP contribution in [0.1, 0.15) is 56.9 Å². The van der Waals surface area contributed by atoms with E-state index in [1.807, 2.05) is 0 Å². The summed E-state index contributed by atoms with van der Waals surface area (Å²) in [6.07, 6.45) is 10.4. The second-order valence-electron chi connectivity index (χ2n) is 7.49. The zero-order chi connectivity index (χ0) is 17.7. The number of carbonyl (C=O) groups excluding carboxylic acids is 1. The molecule has 1 saturated carbocycles. The van der Waals surface area contributed by atoms with Crippen LogP contribution in [0.15, 0.2) is 18.2 Å². The molecular formula is C20H28Cl2N2O. The highest BCUT2D eigenvalue weighted by Crippen LogP contribution is 2.35. The van der Waals surface area contributed by atoms with Gasteiger partial charge in [0, 0.05) is 22.1 Å². The summed E-state index contributed by atoms with van der Waals surface area (Å²) in [4.78, 5) is 15.2. The van der Waals surface area contributed by atoms with Crippen molar-refractivity contribution in [3.8, 4) is 0 Å². The molecule has 2 fully saturated rings. The number of hydrogen-bond acceptors (Lipinski definition) is 2. The van der Waals surface area contributed by atoms with E-state index >= 15 is 0 Å². The highest BCUT2D eigenvalue weighted by molar-refractivity contribution is 6.36. The van der Waals surface area contributed by atoms with Crippen molar-refractivity contribution in [2.45, 2.75) is 63.3 Å². The number of piperidine rings is 1. The largest absolute Gasteiger partial charge is 0.354 e. The standard InChI is InChI=1S/C20H28Cl2N2O/c21-17-8-7-9-18(22)16(17)14-19(25)23-15-20(10-3-1-4-11-20)24-12-5-2-6-13-24/h7-9H,1-6,10-15H2,(H,23,25). The lowest BCUT2D eigenvalue weighted by molar-refractivity contribution is -0.121. The number of hydrogen-bond donors (Lipinski definition) is 1. The van der Waals surface area contributed by atoms with Crippen LogP contribution in [-0.4, -0.2) is 36.0 Å². The quantitative estimate of drug-likeness (QED) is 0.789. The molecule has 0 unspecified atom stereocenters. The Morgan fingerprint density at radius 1 is 1.00 bits per heavy atom. The van der Waals surface area contributed by atoms with Crippen molar-refractivity contribution >= 4 is 29.1 Å². The van der Waals surface area contributed by atoms with Crippen LogP contribution in [-0.2, 0) is 11.2 Å². The fourth-order valence-corrected chi connectivity index (χ4v) is 4.90. The molecule has 1 aliphatic heterocycles. The lowest BCUT2D eigenvalue weighted by Gasteiger charge is -2.48. The van der Waals surface area contributed by atoms with Crippen LogP contribution in [0.2, 0.25) is 10.0 Å². The summed E-state index contributed by atoms with van der Waals surface area (Å²) in [6.45, 7) is 3.09. The van der Waals surface area contributed by atoms with Gasteiger partial charge in [-0.1, -0.05) is 55.0 Å². The first-order valence-electron chi connectivity index (χ1n) is 9.55. The lowest BCUT2D eigenvalue weighted by atomic mass is 9.79. The highest BCUT2D eigenvalue weighted by Gasteiger charge is 2.38. The van der Waals surface area contributed by atoms with Crippen molar-refractivity contribution in [1.29, 1.82) is 0 Å². The second kappa shape index (κ2) is 8.75. The zero-order valence-electron chi connectivity index (χ0n) is 14.8. The number of likely N-dealkylation sites (tertiary alicyclic amines) is 1. The van der Waals surface area contributed by atoms with Gasteiger partial charge in [0.05, 0.1) is 6.42 Å². The lowest BCUT2D eigenvalue weighted by Crippen LogP contribution is -2.58. The van der Waals surface area contributed by atoms with Gasteiger partial charge in [-0.3, -0.25) is 9.69 Å². The summed E-state index contributed by atoms with van der Waals surface area (Å²) in [5, 5.41) is 4.32. The van der Waals surface area contributed by atoms with Crippen LogP contribution in [0, 0.1) is 0 Å². The number of nitrogens with zero attached hydrogens (tertiary/aromatic N) is 1. The summed E-state index contributed by atoms with van der Waals surface area (Å²) < 4.78 is 0. The van der Waals surface area contributed by atoms with Crippen molar-refractivity contribution in [2.24, 2.45) is 0 Å². The van der Waals surface area contributed by atoms with E-state index in [1.165, 1.54) is 64.5 Å². The van der Waals surface area contributed by atoms with Crippen LogP contribution in [0.3, 0.4) is 0 Å². The molecule has 3 nitrogen and oxygen atoms in total. The molecule has 0 aromatic heterocycles. The third kappa shape index (κ3) is 4.69. The van der Waals surface area contributed by atoms with Crippen molar-refractivity contribution < 1.29 is 4.79 Å². The molecule has 138 valence electrons. The van der Waals surface area contributed by atoms with E-state index in [-0.39, 0.29) is 17.9 Å². The fourth-order valence-electron chi connectivity index (χ4n) is 4.37. The number of carbonyl (C=O) groups is 1. The average molecular weight is 383 g/mol. The maximum atomic E-state index is 12.5. The molecule has 0 atom stereocenters. The smallest absolute Gasteiger partial charge is 0.224 e. The first-order chi connectivity index (χ1) is 12.1. The van der Waals surface area contributed by atoms with E-state index < -0.39 is 0 Å². The molecule has 1 aromatic rings. The molecular weight excluding hydrogens is 355 g/mol. The summed E-state index contributed by atoms with van der Waals surface area (Å²) in [7, 11) is 0. The number of benzene rings is 1. The van der Waals surface area contributed by atoms with E-state index in [2.05, 4.69) is 10.2 Å². The van der Waals surface area contributed by atoms with Gasteiger partial charge in [-0.2, -0.15) is 0 Å². The Kier molecular flexibility index (Phi) is 6.65. The van der Waals surface area contributed by atoms with Crippen LogP contribution in [0.25, 0.3) is 0 Å². The first-order valence-corrected chi connectivity index (χ1v) is 10.3. The third-order valence-electron chi connectivity index (χ3n) is 5.82. The zero-order valence-corrected chi connectivity index (χ0v) is 16.3. The Labute approximate surface area is 161 Å². The summed E-state index contributed by atoms with van der Waals surface area (Å²) >= 11 is 12.4. The highest BCUT2D eigenvalue weighted by atomic mass is 35.5. The Morgan fingerprint density at radius 3 is 2.24 bits per heavy atom. The van der Waals surface area contributed by atoms with Crippen LogP contribution < -0.4 is 5.32 Å². The Morgan fingerprint density at radius 2 is 1.60 bits per heavy atom. The van der Waals surface area contributed by atoms with Crippen molar-refractivity contribution in [3.05, 3.63) is 33.8 Å². The second-order valence-corrected chi connectivity index (χ2v) is 8.30. The molecule has 2 aliphatic rings. The topological polar surface area (TPSA) is 32.3 Å². The maximum absolute atomic E-state index is 12.5. The molecule has 5 heteroatoms. The Hall–Kier alpha value is -0.770. The molecule has 0 bridgehead atoms. The maximum Gasteiger partial charge on any atom is 0.224 e. The van der Waals surface area contributed by atoms with E-state index in [1.54, 1.807) is 18.2 Å². The molecule has 25 heavy (non-hydrogen) atoms. The summed E-state index contributed by atoms with van der Waals surface area (Å²) in [6, 6.07) is 5.37. The van der Waals surface area contributed by atoms with E-state index in [4.69, 9.17) is 23.2 Å². The van der Waals surface area contributed by atoms with Gasteiger partial charge in [0.15, 0.2) is 0 Å². The predicted octanol–water partition coefficient (Wildman–Crippen LogP) is 4.84. The minimum Gasteiger partial charge on any atom is -0.354 e. The van der Waals surface area contributed by atoms with Crippen LogP contribution in [0.4, 0.5) is 0 Å². The first kappa shape index (κ1) is 19.0. The molecule has 0 spiro atoms. The SMILES string of the molecule is O=C(Cc1c(Cl)cccc1Cl)NCC1(N2CCCCC2)CCCCC1. The number of halogens is 2. The van der Waals surface area contributed by atoms with Gasteiger partial charge in [0.1, 0.15) is 0 Å². The predicted molar refractivity (Wildman–Crippen MR) is 104 cm³/mol. The van der Waals surface area contributed by atoms with Gasteiger partial charge in [-0.15, -0.1) is 0 Å².